The summed E-state index contributed by atoms with van der Waals surface area (Å²) in [7, 11) is 1.57. The molecule has 6 nitrogen and oxygen atoms in total. The molecule has 0 radical (unpaired) electrons. The van der Waals surface area contributed by atoms with Crippen molar-refractivity contribution in [3.63, 3.8) is 0 Å². The molecule has 168 valence electrons. The lowest BCUT2D eigenvalue weighted by atomic mass is 10.2. The van der Waals surface area contributed by atoms with Gasteiger partial charge in [-0.2, -0.15) is 0 Å². The van der Waals surface area contributed by atoms with E-state index in [2.05, 4.69) is 9.97 Å². The molecule has 0 N–H and O–H groups in total. The van der Waals surface area contributed by atoms with E-state index >= 15 is 0 Å². The SMILES string of the molecule is COc1ccc(Cl)c2sc(N(CCCn3ccnc3)C(=O)c3cc(Cl)ccc3Cl)nc12.Cl. The van der Waals surface area contributed by atoms with E-state index < -0.39 is 0 Å². The summed E-state index contributed by atoms with van der Waals surface area (Å²) in [6.07, 6.45) is 6.02. The summed E-state index contributed by atoms with van der Waals surface area (Å²) < 4.78 is 8.12. The van der Waals surface area contributed by atoms with Crippen LogP contribution in [-0.2, 0) is 6.54 Å². The van der Waals surface area contributed by atoms with Gasteiger partial charge >= 0.3 is 0 Å². The molecular weight excluding hydrogens is 514 g/mol. The Morgan fingerprint density at radius 2 is 1.97 bits per heavy atom. The molecule has 0 fully saturated rings. The van der Waals surface area contributed by atoms with E-state index in [1.807, 2.05) is 10.8 Å². The normalized spacial score (nSPS) is 10.8. The first-order valence-electron chi connectivity index (χ1n) is 9.33. The molecule has 0 saturated heterocycles. The van der Waals surface area contributed by atoms with Gasteiger partial charge in [0.2, 0.25) is 0 Å². The highest BCUT2D eigenvalue weighted by Gasteiger charge is 2.24. The van der Waals surface area contributed by atoms with Crippen molar-refractivity contribution in [1.82, 2.24) is 14.5 Å². The summed E-state index contributed by atoms with van der Waals surface area (Å²) >= 11 is 20.1. The largest absolute Gasteiger partial charge is 0.494 e. The van der Waals surface area contributed by atoms with Gasteiger partial charge in [-0.25, -0.2) is 9.97 Å². The number of aryl methyl sites for hydroxylation is 1. The molecular formula is C21H18Cl4N4O2S. The van der Waals surface area contributed by atoms with Gasteiger partial charge in [0, 0.05) is 30.5 Å². The molecule has 0 unspecified atom stereocenters. The number of carbonyl (C=O) groups is 1. The first kappa shape index (κ1) is 24.6. The van der Waals surface area contributed by atoms with E-state index in [1.54, 1.807) is 54.9 Å². The number of aromatic nitrogens is 3. The number of imidazole rings is 1. The van der Waals surface area contributed by atoms with Crippen LogP contribution in [0.2, 0.25) is 15.1 Å². The molecule has 0 aliphatic heterocycles. The lowest BCUT2D eigenvalue weighted by Gasteiger charge is -2.21. The number of hydrogen-bond acceptors (Lipinski definition) is 5. The van der Waals surface area contributed by atoms with E-state index in [1.165, 1.54) is 11.3 Å². The second-order valence-corrected chi connectivity index (χ2v) is 8.89. The quantitative estimate of drug-likeness (QED) is 0.269. The van der Waals surface area contributed by atoms with Crippen LogP contribution in [0.25, 0.3) is 10.2 Å². The molecule has 32 heavy (non-hydrogen) atoms. The average molecular weight is 532 g/mol. The Hall–Kier alpha value is -2.03. The standard InChI is InChI=1S/C21H17Cl3N4O2S.ClH/c1-30-17-6-5-16(24)19-18(17)26-21(31-19)28(9-2-8-27-10-7-25-12-27)20(29)14-11-13(22)3-4-15(14)23;/h3-7,10-12H,2,8-9H2,1H3;1H. The fraction of sp³-hybridized carbons (Fsp3) is 0.190. The minimum absolute atomic E-state index is 0. The third-order valence-electron chi connectivity index (χ3n) is 4.66. The predicted molar refractivity (Wildman–Crippen MR) is 133 cm³/mol. The molecule has 2 heterocycles. The van der Waals surface area contributed by atoms with Gasteiger partial charge in [-0.3, -0.25) is 9.69 Å². The Bertz CT molecular complexity index is 1230. The van der Waals surface area contributed by atoms with Crippen LogP contribution in [0.15, 0.2) is 49.1 Å². The van der Waals surface area contributed by atoms with Gasteiger partial charge in [-0.1, -0.05) is 46.1 Å². The van der Waals surface area contributed by atoms with Crippen LogP contribution in [0.5, 0.6) is 5.75 Å². The second kappa shape index (κ2) is 10.7. The van der Waals surface area contributed by atoms with Crippen molar-refractivity contribution in [2.24, 2.45) is 0 Å². The summed E-state index contributed by atoms with van der Waals surface area (Å²) in [6, 6.07) is 8.33. The Morgan fingerprint density at radius 1 is 1.19 bits per heavy atom. The average Bonchev–Trinajstić information content (AvgIpc) is 3.43. The summed E-state index contributed by atoms with van der Waals surface area (Å²) in [6.45, 7) is 1.11. The van der Waals surface area contributed by atoms with Crippen molar-refractivity contribution in [3.8, 4) is 5.75 Å². The predicted octanol–water partition coefficient (Wildman–Crippen LogP) is 6.62. The monoisotopic (exact) mass is 530 g/mol. The molecule has 4 aromatic rings. The highest BCUT2D eigenvalue weighted by molar-refractivity contribution is 7.23. The van der Waals surface area contributed by atoms with Crippen molar-refractivity contribution < 1.29 is 9.53 Å². The maximum absolute atomic E-state index is 13.5. The molecule has 0 atom stereocenters. The molecule has 2 aromatic heterocycles. The Morgan fingerprint density at radius 3 is 2.69 bits per heavy atom. The van der Waals surface area contributed by atoms with Gasteiger partial charge < -0.3 is 9.30 Å². The second-order valence-electron chi connectivity index (χ2n) is 6.66. The van der Waals surface area contributed by atoms with Crippen LogP contribution in [0, 0.1) is 0 Å². The van der Waals surface area contributed by atoms with Crippen LogP contribution in [0.3, 0.4) is 0 Å². The summed E-state index contributed by atoms with van der Waals surface area (Å²) in [5.41, 5.74) is 0.925. The van der Waals surface area contributed by atoms with Crippen LogP contribution in [0.4, 0.5) is 5.13 Å². The zero-order valence-corrected chi connectivity index (χ0v) is 20.7. The number of thiazole rings is 1. The number of fused-ring (bicyclic) bond motifs is 1. The van der Waals surface area contributed by atoms with Crippen molar-refractivity contribution >= 4 is 79.8 Å². The molecule has 0 spiro atoms. The molecule has 0 aliphatic carbocycles. The highest BCUT2D eigenvalue weighted by Crippen LogP contribution is 2.39. The van der Waals surface area contributed by atoms with E-state index in [0.29, 0.717) is 56.5 Å². The third-order valence-corrected chi connectivity index (χ3v) is 6.76. The number of methoxy groups -OCH3 is 1. The first-order chi connectivity index (χ1) is 15.0. The number of hydrogen-bond donors (Lipinski definition) is 0. The lowest BCUT2D eigenvalue weighted by molar-refractivity contribution is 0.0986. The lowest BCUT2D eigenvalue weighted by Crippen LogP contribution is -2.32. The number of halogens is 4. The number of ether oxygens (including phenoxy) is 1. The first-order valence-corrected chi connectivity index (χ1v) is 11.3. The number of anilines is 1. The van der Waals surface area contributed by atoms with E-state index in [-0.39, 0.29) is 18.3 Å². The van der Waals surface area contributed by atoms with Crippen molar-refractivity contribution in [2.75, 3.05) is 18.6 Å². The van der Waals surface area contributed by atoms with E-state index in [0.717, 1.165) is 4.70 Å². The third kappa shape index (κ3) is 5.13. The fourth-order valence-corrected chi connectivity index (χ4v) is 4.79. The van der Waals surface area contributed by atoms with Crippen LogP contribution in [0.1, 0.15) is 16.8 Å². The van der Waals surface area contributed by atoms with Crippen LogP contribution < -0.4 is 9.64 Å². The number of nitrogens with zero attached hydrogens (tertiary/aromatic N) is 4. The Balaban J connectivity index is 0.00000289. The zero-order chi connectivity index (χ0) is 22.0. The molecule has 0 aliphatic rings. The van der Waals surface area contributed by atoms with Crippen molar-refractivity contribution in [3.05, 3.63) is 69.7 Å². The summed E-state index contributed by atoms with van der Waals surface area (Å²) in [5, 5.41) is 1.81. The Kier molecular flexibility index (Phi) is 8.25. The molecule has 4 rings (SSSR count). The Labute approximate surface area is 210 Å². The number of carbonyl (C=O) groups excluding carboxylic acids is 1. The fourth-order valence-electron chi connectivity index (χ4n) is 3.14. The molecule has 2 aromatic carbocycles. The van der Waals surface area contributed by atoms with Crippen LogP contribution >= 0.6 is 58.5 Å². The van der Waals surface area contributed by atoms with Gasteiger partial charge in [0.05, 0.1) is 33.7 Å². The highest BCUT2D eigenvalue weighted by atomic mass is 35.5. The summed E-state index contributed by atoms with van der Waals surface area (Å²) in [4.78, 5) is 23.8. The maximum Gasteiger partial charge on any atom is 0.261 e. The van der Waals surface area contributed by atoms with Gasteiger partial charge in [-0.05, 0) is 36.8 Å². The van der Waals surface area contributed by atoms with E-state index in [4.69, 9.17) is 39.5 Å². The number of amides is 1. The molecule has 0 saturated carbocycles. The van der Waals surface area contributed by atoms with Gasteiger partial charge in [0.1, 0.15) is 11.3 Å². The molecule has 0 bridgehead atoms. The van der Waals surface area contributed by atoms with E-state index in [9.17, 15) is 4.79 Å². The molecule has 1 amide bonds. The van der Waals surface area contributed by atoms with Crippen LogP contribution in [-0.4, -0.2) is 34.1 Å². The van der Waals surface area contributed by atoms with Crippen molar-refractivity contribution in [1.29, 1.82) is 0 Å². The number of rotatable bonds is 7. The minimum atomic E-state index is -0.285. The smallest absolute Gasteiger partial charge is 0.261 e. The maximum atomic E-state index is 13.5. The number of benzene rings is 2. The molecule has 11 heteroatoms. The topological polar surface area (TPSA) is 60.2 Å². The minimum Gasteiger partial charge on any atom is -0.494 e. The summed E-state index contributed by atoms with van der Waals surface area (Å²) in [5.74, 6) is 0.306. The zero-order valence-electron chi connectivity index (χ0n) is 16.8. The van der Waals surface area contributed by atoms with Gasteiger partial charge in [0.25, 0.3) is 5.91 Å². The van der Waals surface area contributed by atoms with Crippen molar-refractivity contribution in [2.45, 2.75) is 13.0 Å². The van der Waals surface area contributed by atoms with Gasteiger partial charge in [0.15, 0.2) is 5.13 Å². The van der Waals surface area contributed by atoms with Gasteiger partial charge in [-0.15, -0.1) is 12.4 Å².